The molecule has 2 N–H and O–H groups in total. The van der Waals surface area contributed by atoms with Gasteiger partial charge < -0.3 is 15.5 Å². The van der Waals surface area contributed by atoms with Gasteiger partial charge in [-0.25, -0.2) is 0 Å². The van der Waals surface area contributed by atoms with Crippen LogP contribution in [0.5, 0.6) is 0 Å². The summed E-state index contributed by atoms with van der Waals surface area (Å²) in [7, 11) is 0. The third-order valence-electron chi connectivity index (χ3n) is 3.97. The Morgan fingerprint density at radius 3 is 2.33 bits per heavy atom. The maximum absolute atomic E-state index is 5.91. The third kappa shape index (κ3) is 3.16. The standard InChI is InChI=1S/C12H25N3/c1-2-14-6-3-11(9-14)10-15-7-4-12(13)5-8-15/h11-12H,2-10,13H2,1H3. The molecule has 0 aromatic heterocycles. The molecular formula is C12H25N3. The maximum Gasteiger partial charge on any atom is 0.00631 e. The van der Waals surface area contributed by atoms with E-state index in [0.717, 1.165) is 5.92 Å². The fourth-order valence-electron chi connectivity index (χ4n) is 2.85. The van der Waals surface area contributed by atoms with Gasteiger partial charge in [0.15, 0.2) is 0 Å². The molecule has 0 aromatic carbocycles. The molecule has 1 unspecified atom stereocenters. The van der Waals surface area contributed by atoms with Crippen LogP contribution < -0.4 is 5.73 Å². The molecule has 0 bridgehead atoms. The van der Waals surface area contributed by atoms with Gasteiger partial charge in [-0.15, -0.1) is 0 Å². The van der Waals surface area contributed by atoms with Gasteiger partial charge in [-0.05, 0) is 51.4 Å². The highest BCUT2D eigenvalue weighted by atomic mass is 15.2. The van der Waals surface area contributed by atoms with Gasteiger partial charge in [0.2, 0.25) is 0 Å². The van der Waals surface area contributed by atoms with Gasteiger partial charge >= 0.3 is 0 Å². The van der Waals surface area contributed by atoms with Gasteiger partial charge in [0.1, 0.15) is 0 Å². The summed E-state index contributed by atoms with van der Waals surface area (Å²) in [6, 6.07) is 0.469. The van der Waals surface area contributed by atoms with E-state index in [1.54, 1.807) is 0 Å². The summed E-state index contributed by atoms with van der Waals surface area (Å²) >= 11 is 0. The van der Waals surface area contributed by atoms with Crippen molar-refractivity contribution in [3.8, 4) is 0 Å². The van der Waals surface area contributed by atoms with Gasteiger partial charge in [0, 0.05) is 19.1 Å². The van der Waals surface area contributed by atoms with Crippen LogP contribution in [0, 0.1) is 5.92 Å². The number of likely N-dealkylation sites (tertiary alicyclic amines) is 2. The van der Waals surface area contributed by atoms with Crippen molar-refractivity contribution in [2.75, 3.05) is 39.3 Å². The zero-order valence-electron chi connectivity index (χ0n) is 9.99. The highest BCUT2D eigenvalue weighted by Gasteiger charge is 2.24. The zero-order valence-corrected chi connectivity index (χ0v) is 9.99. The Hall–Kier alpha value is -0.120. The second-order valence-corrected chi connectivity index (χ2v) is 5.19. The molecule has 2 aliphatic rings. The van der Waals surface area contributed by atoms with Crippen LogP contribution in [0.15, 0.2) is 0 Å². The molecular weight excluding hydrogens is 186 g/mol. The van der Waals surface area contributed by atoms with Gasteiger partial charge in [-0.3, -0.25) is 0 Å². The lowest BCUT2D eigenvalue weighted by atomic mass is 10.0. The summed E-state index contributed by atoms with van der Waals surface area (Å²) in [5, 5.41) is 0. The fourth-order valence-corrected chi connectivity index (χ4v) is 2.85. The van der Waals surface area contributed by atoms with Crippen LogP contribution in [0.1, 0.15) is 26.2 Å². The monoisotopic (exact) mass is 211 g/mol. The van der Waals surface area contributed by atoms with Crippen LogP contribution in [-0.4, -0.2) is 55.1 Å². The zero-order chi connectivity index (χ0) is 10.7. The Labute approximate surface area is 93.6 Å². The van der Waals surface area contributed by atoms with Crippen molar-refractivity contribution in [2.24, 2.45) is 11.7 Å². The Balaban J connectivity index is 1.69. The van der Waals surface area contributed by atoms with E-state index in [9.17, 15) is 0 Å². The Kier molecular flexibility index (Phi) is 4.00. The molecule has 88 valence electrons. The van der Waals surface area contributed by atoms with Crippen LogP contribution >= 0.6 is 0 Å². The number of hydrogen-bond acceptors (Lipinski definition) is 3. The van der Waals surface area contributed by atoms with Crippen LogP contribution in [0.2, 0.25) is 0 Å². The van der Waals surface area contributed by atoms with Gasteiger partial charge in [-0.2, -0.15) is 0 Å². The molecule has 2 saturated heterocycles. The molecule has 0 aliphatic carbocycles. The van der Waals surface area contributed by atoms with Crippen LogP contribution in [-0.2, 0) is 0 Å². The van der Waals surface area contributed by atoms with Crippen molar-refractivity contribution < 1.29 is 0 Å². The van der Waals surface area contributed by atoms with Crippen molar-refractivity contribution in [1.29, 1.82) is 0 Å². The molecule has 0 saturated carbocycles. The third-order valence-corrected chi connectivity index (χ3v) is 3.97. The predicted octanol–water partition coefficient (Wildman–Crippen LogP) is 0.751. The summed E-state index contributed by atoms with van der Waals surface area (Å²) in [4.78, 5) is 5.19. The largest absolute Gasteiger partial charge is 0.328 e. The quantitative estimate of drug-likeness (QED) is 0.748. The molecule has 15 heavy (non-hydrogen) atoms. The van der Waals surface area contributed by atoms with Crippen LogP contribution in [0.3, 0.4) is 0 Å². The first-order valence-electron chi connectivity index (χ1n) is 6.48. The lowest BCUT2D eigenvalue weighted by Gasteiger charge is -2.31. The first-order valence-corrected chi connectivity index (χ1v) is 6.48. The molecule has 2 rings (SSSR count). The number of rotatable bonds is 3. The fraction of sp³-hybridized carbons (Fsp3) is 1.00. The number of piperidine rings is 1. The second kappa shape index (κ2) is 5.28. The maximum atomic E-state index is 5.91. The van der Waals surface area contributed by atoms with E-state index in [2.05, 4.69) is 16.7 Å². The van der Waals surface area contributed by atoms with E-state index in [1.165, 1.54) is 58.5 Å². The molecule has 0 spiro atoms. The van der Waals surface area contributed by atoms with E-state index in [4.69, 9.17) is 5.73 Å². The summed E-state index contributed by atoms with van der Waals surface area (Å²) in [5.41, 5.74) is 5.91. The first kappa shape index (κ1) is 11.4. The molecule has 2 fully saturated rings. The minimum Gasteiger partial charge on any atom is -0.328 e. The van der Waals surface area contributed by atoms with Crippen molar-refractivity contribution in [1.82, 2.24) is 9.80 Å². The second-order valence-electron chi connectivity index (χ2n) is 5.19. The van der Waals surface area contributed by atoms with Gasteiger partial charge in [0.25, 0.3) is 0 Å². The smallest absolute Gasteiger partial charge is 0.00631 e. The lowest BCUT2D eigenvalue weighted by Crippen LogP contribution is -2.42. The van der Waals surface area contributed by atoms with Crippen LogP contribution in [0.25, 0.3) is 0 Å². The lowest BCUT2D eigenvalue weighted by molar-refractivity contribution is 0.183. The summed E-state index contributed by atoms with van der Waals surface area (Å²) in [6.07, 6.45) is 3.80. The average molecular weight is 211 g/mol. The molecule has 3 heteroatoms. The number of nitrogens with zero attached hydrogens (tertiary/aromatic N) is 2. The predicted molar refractivity (Wildman–Crippen MR) is 63.9 cm³/mol. The Morgan fingerprint density at radius 2 is 1.73 bits per heavy atom. The molecule has 2 heterocycles. The molecule has 0 radical (unpaired) electrons. The van der Waals surface area contributed by atoms with E-state index < -0.39 is 0 Å². The van der Waals surface area contributed by atoms with E-state index in [1.807, 2.05) is 0 Å². The molecule has 1 atom stereocenters. The summed E-state index contributed by atoms with van der Waals surface area (Å²) in [6.45, 7) is 9.88. The van der Waals surface area contributed by atoms with E-state index in [-0.39, 0.29) is 0 Å². The number of hydrogen-bond donors (Lipinski definition) is 1. The van der Waals surface area contributed by atoms with Crippen LogP contribution in [0.4, 0.5) is 0 Å². The molecule has 2 aliphatic heterocycles. The minimum atomic E-state index is 0.469. The summed E-state index contributed by atoms with van der Waals surface area (Å²) < 4.78 is 0. The topological polar surface area (TPSA) is 32.5 Å². The average Bonchev–Trinajstić information content (AvgIpc) is 2.69. The SMILES string of the molecule is CCN1CCC(CN2CCC(N)CC2)C1. The van der Waals surface area contributed by atoms with Gasteiger partial charge in [-0.1, -0.05) is 6.92 Å². The minimum absolute atomic E-state index is 0.469. The van der Waals surface area contributed by atoms with Crippen molar-refractivity contribution in [3.05, 3.63) is 0 Å². The Bertz CT molecular complexity index is 187. The number of nitrogens with two attached hydrogens (primary N) is 1. The highest BCUT2D eigenvalue weighted by molar-refractivity contribution is 4.80. The van der Waals surface area contributed by atoms with Gasteiger partial charge in [0.05, 0.1) is 0 Å². The van der Waals surface area contributed by atoms with E-state index >= 15 is 0 Å². The van der Waals surface area contributed by atoms with E-state index in [0.29, 0.717) is 6.04 Å². The summed E-state index contributed by atoms with van der Waals surface area (Å²) in [5.74, 6) is 0.916. The molecule has 0 aromatic rings. The van der Waals surface area contributed by atoms with Crippen molar-refractivity contribution in [3.63, 3.8) is 0 Å². The first-order chi connectivity index (χ1) is 7.28. The van der Waals surface area contributed by atoms with Crippen molar-refractivity contribution >= 4 is 0 Å². The Morgan fingerprint density at radius 1 is 1.07 bits per heavy atom. The normalized spacial score (nSPS) is 31.2. The molecule has 3 nitrogen and oxygen atoms in total. The highest BCUT2D eigenvalue weighted by Crippen LogP contribution is 2.19. The van der Waals surface area contributed by atoms with Crippen molar-refractivity contribution in [2.45, 2.75) is 32.2 Å². The molecule has 0 amide bonds.